The van der Waals surface area contributed by atoms with Crippen LogP contribution in [0.4, 0.5) is 0 Å². The monoisotopic (exact) mass is 404 g/mol. The highest BCUT2D eigenvalue weighted by atomic mass is 16.5. The van der Waals surface area contributed by atoms with Gasteiger partial charge in [-0.3, -0.25) is 14.2 Å². The number of rotatable bonds is 6. The second-order valence-corrected chi connectivity index (χ2v) is 6.59. The summed E-state index contributed by atoms with van der Waals surface area (Å²) in [5.41, 5.74) is 4.23. The number of nitrogens with one attached hydrogen (secondary N) is 1. The molecule has 8 heteroatoms. The van der Waals surface area contributed by atoms with Gasteiger partial charge in [0.2, 0.25) is 0 Å². The van der Waals surface area contributed by atoms with Crippen molar-refractivity contribution in [2.45, 2.75) is 0 Å². The average Bonchev–Trinajstić information content (AvgIpc) is 3.21. The molecule has 0 aliphatic carbocycles. The van der Waals surface area contributed by atoms with Crippen molar-refractivity contribution in [3.8, 4) is 34.0 Å². The minimum Gasteiger partial charge on any atom is -0.504 e. The fourth-order valence-corrected chi connectivity index (χ4v) is 3.18. The van der Waals surface area contributed by atoms with Gasteiger partial charge in [-0.15, -0.1) is 0 Å². The van der Waals surface area contributed by atoms with E-state index in [1.165, 1.54) is 7.11 Å². The summed E-state index contributed by atoms with van der Waals surface area (Å²) in [4.78, 5) is 21.1. The van der Waals surface area contributed by atoms with Gasteiger partial charge in [-0.2, -0.15) is 0 Å². The fourth-order valence-electron chi connectivity index (χ4n) is 3.18. The van der Waals surface area contributed by atoms with E-state index in [-0.39, 0.29) is 24.8 Å². The summed E-state index contributed by atoms with van der Waals surface area (Å²) >= 11 is 0. The lowest BCUT2D eigenvalue weighted by molar-refractivity contribution is 0.0945. The molecule has 0 radical (unpaired) electrons. The number of fused-ring (bicyclic) bond motifs is 1. The number of benzene rings is 2. The van der Waals surface area contributed by atoms with Crippen LogP contribution in [0.2, 0.25) is 0 Å². The molecule has 3 N–H and O–H groups in total. The Morgan fingerprint density at radius 1 is 1.13 bits per heavy atom. The number of nitrogens with zero attached hydrogens (tertiary/aromatic N) is 3. The van der Waals surface area contributed by atoms with E-state index < -0.39 is 0 Å². The second kappa shape index (κ2) is 8.22. The van der Waals surface area contributed by atoms with Gasteiger partial charge < -0.3 is 20.3 Å². The van der Waals surface area contributed by atoms with Crippen LogP contribution in [0.1, 0.15) is 10.4 Å². The third-order valence-electron chi connectivity index (χ3n) is 4.69. The summed E-state index contributed by atoms with van der Waals surface area (Å²) in [6.07, 6.45) is 5.24. The van der Waals surface area contributed by atoms with Crippen LogP contribution < -0.4 is 10.1 Å². The molecule has 2 heterocycles. The Morgan fingerprint density at radius 2 is 2.00 bits per heavy atom. The number of amides is 1. The maximum atomic E-state index is 12.2. The maximum absolute atomic E-state index is 12.2. The Bertz CT molecular complexity index is 1220. The molecule has 0 spiro atoms. The molecule has 2 aromatic heterocycles. The first-order valence-corrected chi connectivity index (χ1v) is 9.30. The third-order valence-corrected chi connectivity index (χ3v) is 4.69. The van der Waals surface area contributed by atoms with Crippen molar-refractivity contribution in [3.63, 3.8) is 0 Å². The molecule has 0 bridgehead atoms. The minimum absolute atomic E-state index is 0.0636. The minimum atomic E-state index is -0.258. The first-order valence-electron chi connectivity index (χ1n) is 9.30. The van der Waals surface area contributed by atoms with Gasteiger partial charge in [-0.05, 0) is 30.3 Å². The second-order valence-electron chi connectivity index (χ2n) is 6.59. The predicted octanol–water partition coefficient (Wildman–Crippen LogP) is 2.50. The molecule has 0 aliphatic heterocycles. The molecule has 0 saturated heterocycles. The van der Waals surface area contributed by atoms with Crippen molar-refractivity contribution in [3.05, 3.63) is 66.6 Å². The van der Waals surface area contributed by atoms with Crippen LogP contribution >= 0.6 is 0 Å². The third kappa shape index (κ3) is 3.68. The topological polar surface area (TPSA) is 109 Å². The number of carbonyl (C=O) groups is 1. The highest BCUT2D eigenvalue weighted by Gasteiger charge is 2.12. The van der Waals surface area contributed by atoms with Crippen LogP contribution in [0.15, 0.2) is 61.1 Å². The van der Waals surface area contributed by atoms with Gasteiger partial charge in [0.05, 0.1) is 37.5 Å². The largest absolute Gasteiger partial charge is 0.504 e. The van der Waals surface area contributed by atoms with Crippen LogP contribution in [-0.2, 0) is 0 Å². The van der Waals surface area contributed by atoms with E-state index in [0.29, 0.717) is 22.7 Å². The highest BCUT2D eigenvalue weighted by Crippen LogP contribution is 2.32. The van der Waals surface area contributed by atoms with Gasteiger partial charge in [-0.1, -0.05) is 12.1 Å². The Balaban J connectivity index is 1.74. The van der Waals surface area contributed by atoms with Crippen LogP contribution in [0.5, 0.6) is 11.5 Å². The number of aliphatic hydroxyl groups is 1. The molecule has 0 atom stereocenters. The number of hydrogen-bond donors (Lipinski definition) is 3. The number of aromatic hydroxyl groups is 1. The number of hydrogen-bond acceptors (Lipinski definition) is 6. The Morgan fingerprint density at radius 3 is 2.80 bits per heavy atom. The van der Waals surface area contributed by atoms with Crippen LogP contribution in [0.25, 0.3) is 28.2 Å². The molecule has 0 saturated carbocycles. The van der Waals surface area contributed by atoms with Crippen LogP contribution in [-0.4, -0.2) is 50.8 Å². The molecule has 0 fully saturated rings. The van der Waals surface area contributed by atoms with Gasteiger partial charge in [0, 0.05) is 29.4 Å². The molecular formula is C22H20N4O4. The summed E-state index contributed by atoms with van der Waals surface area (Å²) < 4.78 is 7.10. The van der Waals surface area contributed by atoms with E-state index in [1.807, 2.05) is 16.7 Å². The molecule has 152 valence electrons. The van der Waals surface area contributed by atoms with Crippen LogP contribution in [0.3, 0.4) is 0 Å². The first kappa shape index (κ1) is 19.4. The molecule has 0 unspecified atom stereocenters. The van der Waals surface area contributed by atoms with E-state index in [4.69, 9.17) is 9.84 Å². The molecule has 8 nitrogen and oxygen atoms in total. The zero-order valence-corrected chi connectivity index (χ0v) is 16.2. The summed E-state index contributed by atoms with van der Waals surface area (Å²) in [5, 5.41) is 21.4. The number of methoxy groups -OCH3 is 1. The quantitative estimate of drug-likeness (QED) is 0.456. The van der Waals surface area contributed by atoms with E-state index in [0.717, 1.165) is 16.8 Å². The number of imidazole rings is 1. The van der Waals surface area contributed by atoms with E-state index >= 15 is 0 Å². The fraction of sp³-hybridized carbons (Fsp3) is 0.136. The Kier molecular flexibility index (Phi) is 5.32. The highest BCUT2D eigenvalue weighted by molar-refractivity contribution is 5.95. The van der Waals surface area contributed by atoms with Crippen molar-refractivity contribution in [2.24, 2.45) is 0 Å². The molecule has 2 aromatic carbocycles. The lowest BCUT2D eigenvalue weighted by atomic mass is 10.1. The molecule has 1 amide bonds. The molecular weight excluding hydrogens is 384 g/mol. The zero-order valence-electron chi connectivity index (χ0n) is 16.2. The lowest BCUT2D eigenvalue weighted by Crippen LogP contribution is -2.26. The summed E-state index contributed by atoms with van der Waals surface area (Å²) in [6, 6.07) is 12.2. The standard InChI is InChI=1S/C22H20N4O4/c1-30-20-10-15(5-6-19(20)28)18-11-25-21-12-24-17(13-26(18)21)14-3-2-4-16(9-14)22(29)23-7-8-27/h2-6,9-13,27-28H,7-8H2,1H3,(H,23,29). The van der Waals surface area contributed by atoms with Gasteiger partial charge in [-0.25, -0.2) is 4.98 Å². The van der Waals surface area contributed by atoms with Crippen molar-refractivity contribution < 1.29 is 19.7 Å². The van der Waals surface area contributed by atoms with Crippen molar-refractivity contribution in [1.29, 1.82) is 0 Å². The maximum Gasteiger partial charge on any atom is 0.251 e. The number of phenols is 1. The smallest absolute Gasteiger partial charge is 0.251 e. The molecule has 4 rings (SSSR count). The van der Waals surface area contributed by atoms with Gasteiger partial charge in [0.25, 0.3) is 5.91 Å². The Labute approximate surface area is 172 Å². The van der Waals surface area contributed by atoms with E-state index in [2.05, 4.69) is 15.3 Å². The van der Waals surface area contributed by atoms with E-state index in [1.54, 1.807) is 48.8 Å². The van der Waals surface area contributed by atoms with Crippen molar-refractivity contribution >= 4 is 11.6 Å². The van der Waals surface area contributed by atoms with Crippen molar-refractivity contribution in [2.75, 3.05) is 20.3 Å². The van der Waals surface area contributed by atoms with Crippen LogP contribution in [0, 0.1) is 0 Å². The summed E-state index contributed by atoms with van der Waals surface area (Å²) in [7, 11) is 1.50. The number of aliphatic hydroxyl groups excluding tert-OH is 1. The van der Waals surface area contributed by atoms with Crippen molar-refractivity contribution in [1.82, 2.24) is 19.7 Å². The first-order chi connectivity index (χ1) is 14.6. The Hall–Kier alpha value is -3.91. The van der Waals surface area contributed by atoms with Gasteiger partial charge in [0.15, 0.2) is 17.1 Å². The van der Waals surface area contributed by atoms with Gasteiger partial charge in [0.1, 0.15) is 0 Å². The molecule has 0 aliphatic rings. The van der Waals surface area contributed by atoms with E-state index in [9.17, 15) is 9.90 Å². The molecule has 30 heavy (non-hydrogen) atoms. The number of phenolic OH excluding ortho intramolecular Hbond substituents is 1. The average molecular weight is 404 g/mol. The number of ether oxygens (including phenoxy) is 1. The summed E-state index contributed by atoms with van der Waals surface area (Å²) in [5.74, 6) is 0.179. The SMILES string of the molecule is COc1cc(-c2cnc3cnc(-c4cccc(C(=O)NCCO)c4)cn23)ccc1O. The predicted molar refractivity (Wildman–Crippen MR) is 111 cm³/mol. The zero-order chi connectivity index (χ0) is 21.1. The number of carbonyl (C=O) groups excluding carboxylic acids is 1. The number of aromatic nitrogens is 3. The van der Waals surface area contributed by atoms with Gasteiger partial charge >= 0.3 is 0 Å². The summed E-state index contributed by atoms with van der Waals surface area (Å²) in [6.45, 7) is 0.0802. The normalized spacial score (nSPS) is 10.9. The molecule has 4 aromatic rings. The lowest BCUT2D eigenvalue weighted by Gasteiger charge is -2.09.